The fourth-order valence-electron chi connectivity index (χ4n) is 3.12. The van der Waals surface area contributed by atoms with E-state index < -0.39 is 4.92 Å². The predicted molar refractivity (Wildman–Crippen MR) is 115 cm³/mol. The van der Waals surface area contributed by atoms with E-state index in [9.17, 15) is 19.7 Å². The highest BCUT2D eigenvalue weighted by atomic mass is 16.6. The number of unbranched alkanes of at least 4 members (excludes halogenated alkanes) is 1. The van der Waals surface area contributed by atoms with Crippen molar-refractivity contribution in [3.05, 3.63) is 64.0 Å². The molecule has 1 heterocycles. The van der Waals surface area contributed by atoms with Gasteiger partial charge in [0.05, 0.1) is 11.5 Å². The summed E-state index contributed by atoms with van der Waals surface area (Å²) in [6, 6.07) is 9.19. The second kappa shape index (κ2) is 10.6. The lowest BCUT2D eigenvalue weighted by molar-refractivity contribution is -0.384. The van der Waals surface area contributed by atoms with E-state index >= 15 is 0 Å². The van der Waals surface area contributed by atoms with E-state index in [2.05, 4.69) is 6.92 Å². The van der Waals surface area contributed by atoms with E-state index in [0.717, 1.165) is 18.5 Å². The Hall–Kier alpha value is -3.16. The number of rotatable bonds is 10. The molecular formula is C22H30N4O4. The van der Waals surface area contributed by atoms with Gasteiger partial charge in [-0.05, 0) is 44.5 Å². The molecule has 30 heavy (non-hydrogen) atoms. The lowest BCUT2D eigenvalue weighted by atomic mass is 10.1. The predicted octanol–water partition coefficient (Wildman–Crippen LogP) is 3.61. The Kier molecular flexibility index (Phi) is 8.15. The van der Waals surface area contributed by atoms with Crippen LogP contribution in [0.15, 0.2) is 42.6 Å². The Bertz CT molecular complexity index is 874. The van der Waals surface area contributed by atoms with E-state index in [-0.39, 0.29) is 30.1 Å². The van der Waals surface area contributed by atoms with Gasteiger partial charge < -0.3 is 14.4 Å². The van der Waals surface area contributed by atoms with Crippen molar-refractivity contribution in [1.29, 1.82) is 0 Å². The summed E-state index contributed by atoms with van der Waals surface area (Å²) in [4.78, 5) is 39.7. The monoisotopic (exact) mass is 414 g/mol. The molecule has 0 N–H and O–H groups in total. The number of hydrogen-bond acceptors (Lipinski definition) is 4. The fraction of sp³-hybridized carbons (Fsp3) is 0.455. The molecule has 0 saturated carbocycles. The van der Waals surface area contributed by atoms with Crippen LogP contribution in [0.2, 0.25) is 0 Å². The Morgan fingerprint density at radius 2 is 1.83 bits per heavy atom. The third kappa shape index (κ3) is 5.92. The highest BCUT2D eigenvalue weighted by Crippen LogP contribution is 2.16. The minimum atomic E-state index is -0.507. The molecule has 0 spiro atoms. The molecule has 8 nitrogen and oxygen atoms in total. The van der Waals surface area contributed by atoms with Crippen LogP contribution in [0.4, 0.5) is 5.69 Å². The summed E-state index contributed by atoms with van der Waals surface area (Å²) in [6.07, 6.45) is 3.79. The van der Waals surface area contributed by atoms with Crippen LogP contribution in [0.5, 0.6) is 0 Å². The maximum Gasteiger partial charge on any atom is 0.269 e. The Balaban J connectivity index is 2.17. The zero-order valence-electron chi connectivity index (χ0n) is 18.1. The van der Waals surface area contributed by atoms with Crippen LogP contribution >= 0.6 is 0 Å². The minimum Gasteiger partial charge on any atom is -0.353 e. The molecule has 0 atom stereocenters. The first-order valence-electron chi connectivity index (χ1n) is 10.2. The van der Waals surface area contributed by atoms with Crippen LogP contribution in [0.25, 0.3) is 0 Å². The second-order valence-corrected chi connectivity index (χ2v) is 7.61. The molecule has 8 heteroatoms. The number of amides is 2. The number of carbonyl (C=O) groups excluding carboxylic acids is 2. The molecule has 0 bridgehead atoms. The summed E-state index contributed by atoms with van der Waals surface area (Å²) < 4.78 is 1.98. The van der Waals surface area contributed by atoms with Gasteiger partial charge in [-0.2, -0.15) is 0 Å². The van der Waals surface area contributed by atoms with Gasteiger partial charge in [0.15, 0.2) is 0 Å². The quantitative estimate of drug-likeness (QED) is 0.439. The summed E-state index contributed by atoms with van der Waals surface area (Å²) in [6.45, 7) is 6.85. The van der Waals surface area contributed by atoms with Gasteiger partial charge in [0, 0.05) is 49.2 Å². The zero-order chi connectivity index (χ0) is 22.3. The third-order valence-corrected chi connectivity index (χ3v) is 5.05. The highest BCUT2D eigenvalue weighted by molar-refractivity contribution is 5.96. The van der Waals surface area contributed by atoms with Gasteiger partial charge in [0.1, 0.15) is 6.54 Å². The number of carbonyl (C=O) groups is 2. The molecule has 0 unspecified atom stereocenters. The average molecular weight is 415 g/mol. The maximum atomic E-state index is 13.1. The van der Waals surface area contributed by atoms with Crippen LogP contribution in [0.1, 0.15) is 49.7 Å². The SMILES string of the molecule is CCCCN(Cc1cccn1C)C(=O)CN(C(=O)c1ccc([N+](=O)[O-])cc1)C(C)C. The first-order chi connectivity index (χ1) is 14.2. The molecule has 2 aromatic rings. The van der Waals surface area contributed by atoms with E-state index in [4.69, 9.17) is 0 Å². The van der Waals surface area contributed by atoms with Crippen molar-refractivity contribution in [3.8, 4) is 0 Å². The number of non-ortho nitro benzene ring substituents is 1. The van der Waals surface area contributed by atoms with Crippen molar-refractivity contribution in [2.24, 2.45) is 7.05 Å². The van der Waals surface area contributed by atoms with E-state index in [1.165, 1.54) is 29.2 Å². The van der Waals surface area contributed by atoms with Crippen molar-refractivity contribution in [1.82, 2.24) is 14.4 Å². The molecule has 162 valence electrons. The molecule has 2 rings (SSSR count). The number of aryl methyl sites for hydroxylation is 1. The van der Waals surface area contributed by atoms with Crippen molar-refractivity contribution in [3.63, 3.8) is 0 Å². The van der Waals surface area contributed by atoms with Crippen molar-refractivity contribution in [2.45, 2.75) is 46.2 Å². The number of aromatic nitrogens is 1. The number of nitro benzene ring substituents is 1. The van der Waals surface area contributed by atoms with Gasteiger partial charge in [-0.1, -0.05) is 13.3 Å². The molecule has 0 aliphatic carbocycles. The number of nitrogens with zero attached hydrogens (tertiary/aromatic N) is 4. The zero-order valence-corrected chi connectivity index (χ0v) is 18.1. The highest BCUT2D eigenvalue weighted by Gasteiger charge is 2.25. The van der Waals surface area contributed by atoms with Crippen LogP contribution < -0.4 is 0 Å². The van der Waals surface area contributed by atoms with Gasteiger partial charge in [-0.15, -0.1) is 0 Å². The molecule has 0 aliphatic heterocycles. The Morgan fingerprint density at radius 3 is 2.33 bits per heavy atom. The molecule has 1 aromatic carbocycles. The molecule has 2 amide bonds. The van der Waals surface area contributed by atoms with Crippen LogP contribution in [-0.4, -0.2) is 50.2 Å². The minimum absolute atomic E-state index is 0.0401. The molecule has 0 saturated heterocycles. The summed E-state index contributed by atoms with van der Waals surface area (Å²) >= 11 is 0. The summed E-state index contributed by atoms with van der Waals surface area (Å²) in [5.41, 5.74) is 1.27. The average Bonchev–Trinajstić information content (AvgIpc) is 3.12. The molecule has 1 aromatic heterocycles. The van der Waals surface area contributed by atoms with E-state index in [1.807, 2.05) is 43.8 Å². The van der Waals surface area contributed by atoms with E-state index in [1.54, 1.807) is 4.90 Å². The lowest BCUT2D eigenvalue weighted by Crippen LogP contribution is -2.46. The van der Waals surface area contributed by atoms with Crippen molar-refractivity contribution >= 4 is 17.5 Å². The maximum absolute atomic E-state index is 13.1. The summed E-state index contributed by atoms with van der Waals surface area (Å²) in [5, 5.41) is 10.8. The lowest BCUT2D eigenvalue weighted by Gasteiger charge is -2.30. The summed E-state index contributed by atoms with van der Waals surface area (Å²) in [7, 11) is 1.94. The number of hydrogen-bond donors (Lipinski definition) is 0. The van der Waals surface area contributed by atoms with Crippen LogP contribution in [0, 0.1) is 10.1 Å². The summed E-state index contributed by atoms with van der Waals surface area (Å²) in [5.74, 6) is -0.434. The first-order valence-corrected chi connectivity index (χ1v) is 10.2. The fourth-order valence-corrected chi connectivity index (χ4v) is 3.12. The van der Waals surface area contributed by atoms with Gasteiger partial charge in [0.2, 0.25) is 5.91 Å². The normalized spacial score (nSPS) is 10.8. The number of benzene rings is 1. The van der Waals surface area contributed by atoms with Crippen LogP contribution in [-0.2, 0) is 18.4 Å². The third-order valence-electron chi connectivity index (χ3n) is 5.05. The molecule has 0 radical (unpaired) electrons. The van der Waals surface area contributed by atoms with Crippen LogP contribution in [0.3, 0.4) is 0 Å². The standard InChI is InChI=1S/C22H30N4O4/c1-5-6-14-24(15-20-8-7-13-23(20)4)21(27)16-25(17(2)3)22(28)18-9-11-19(12-10-18)26(29)30/h7-13,17H,5-6,14-16H2,1-4H3. The Morgan fingerprint density at radius 1 is 1.17 bits per heavy atom. The second-order valence-electron chi connectivity index (χ2n) is 7.61. The largest absolute Gasteiger partial charge is 0.353 e. The van der Waals surface area contributed by atoms with Gasteiger partial charge in [-0.3, -0.25) is 19.7 Å². The van der Waals surface area contributed by atoms with Crippen molar-refractivity contribution < 1.29 is 14.5 Å². The van der Waals surface area contributed by atoms with Gasteiger partial charge >= 0.3 is 0 Å². The van der Waals surface area contributed by atoms with Gasteiger partial charge in [0.25, 0.3) is 11.6 Å². The van der Waals surface area contributed by atoms with E-state index in [0.29, 0.717) is 18.7 Å². The van der Waals surface area contributed by atoms with Crippen molar-refractivity contribution in [2.75, 3.05) is 13.1 Å². The van der Waals surface area contributed by atoms with Gasteiger partial charge in [-0.25, -0.2) is 0 Å². The number of nitro groups is 1. The molecule has 0 aliphatic rings. The smallest absolute Gasteiger partial charge is 0.269 e. The topological polar surface area (TPSA) is 88.7 Å². The first kappa shape index (κ1) is 23.1. The molecular weight excluding hydrogens is 384 g/mol. The molecule has 0 fully saturated rings. The Labute approximate surface area is 177 Å².